The average Bonchev–Trinajstić information content (AvgIpc) is 2.22. The van der Waals surface area contributed by atoms with Crippen LogP contribution in [0.1, 0.15) is 53.4 Å². The van der Waals surface area contributed by atoms with Crippen molar-refractivity contribution < 1.29 is 0 Å². The van der Waals surface area contributed by atoms with E-state index in [0.717, 1.165) is 29.6 Å². The summed E-state index contributed by atoms with van der Waals surface area (Å²) in [5.74, 6) is 4.75. The van der Waals surface area contributed by atoms with E-state index in [-0.39, 0.29) is 0 Å². The van der Waals surface area contributed by atoms with Gasteiger partial charge in [-0.15, -0.1) is 0 Å². The van der Waals surface area contributed by atoms with Crippen LogP contribution in [0, 0.1) is 29.6 Å². The molecule has 1 aliphatic heterocycles. The van der Waals surface area contributed by atoms with Crippen molar-refractivity contribution in [3.63, 3.8) is 0 Å². The van der Waals surface area contributed by atoms with Crippen LogP contribution in [-0.2, 0) is 0 Å². The Bertz CT molecular complexity index is 228. The molecule has 1 aliphatic carbocycles. The van der Waals surface area contributed by atoms with E-state index in [4.69, 9.17) is 0 Å². The fraction of sp³-hybridized carbons (Fsp3) is 1.00. The van der Waals surface area contributed by atoms with E-state index in [0.29, 0.717) is 0 Å². The van der Waals surface area contributed by atoms with Crippen molar-refractivity contribution in [2.24, 2.45) is 29.6 Å². The number of likely N-dealkylation sites (tertiary alicyclic amines) is 1. The summed E-state index contributed by atoms with van der Waals surface area (Å²) in [5, 5.41) is 0. The van der Waals surface area contributed by atoms with E-state index in [2.05, 4.69) is 32.6 Å². The molecule has 0 amide bonds. The van der Waals surface area contributed by atoms with Gasteiger partial charge < -0.3 is 4.90 Å². The molecule has 0 aromatic rings. The Balaban J connectivity index is 1.80. The van der Waals surface area contributed by atoms with Crippen LogP contribution >= 0.6 is 0 Å². The van der Waals surface area contributed by atoms with Crippen LogP contribution in [0.5, 0.6) is 0 Å². The predicted octanol–water partition coefficient (Wildman–Crippen LogP) is 4.04. The zero-order chi connectivity index (χ0) is 12.4. The Morgan fingerprint density at radius 1 is 0.882 bits per heavy atom. The van der Waals surface area contributed by atoms with Gasteiger partial charge in [0.2, 0.25) is 0 Å². The maximum absolute atomic E-state index is 2.75. The van der Waals surface area contributed by atoms with Crippen LogP contribution < -0.4 is 0 Å². The highest BCUT2D eigenvalue weighted by molar-refractivity contribution is 4.81. The van der Waals surface area contributed by atoms with Gasteiger partial charge in [0.25, 0.3) is 0 Å². The summed E-state index contributed by atoms with van der Waals surface area (Å²) in [6.07, 6.45) is 5.83. The first-order valence-corrected chi connectivity index (χ1v) is 7.77. The second-order valence-electron chi connectivity index (χ2n) is 7.29. The van der Waals surface area contributed by atoms with Gasteiger partial charge in [0.05, 0.1) is 0 Å². The minimum absolute atomic E-state index is 0.905. The van der Waals surface area contributed by atoms with Crippen molar-refractivity contribution in [3.05, 3.63) is 0 Å². The van der Waals surface area contributed by atoms with E-state index in [9.17, 15) is 0 Å². The molecule has 0 spiro atoms. The highest BCUT2D eigenvalue weighted by atomic mass is 15.1. The van der Waals surface area contributed by atoms with Crippen molar-refractivity contribution in [3.8, 4) is 0 Å². The number of hydrogen-bond donors (Lipinski definition) is 0. The van der Waals surface area contributed by atoms with Crippen LogP contribution in [0.3, 0.4) is 0 Å². The number of hydrogen-bond acceptors (Lipinski definition) is 1. The minimum atomic E-state index is 0.905. The smallest absolute Gasteiger partial charge is 0.000997 e. The normalized spacial score (nSPS) is 44.8. The van der Waals surface area contributed by atoms with Gasteiger partial charge in [-0.1, -0.05) is 27.7 Å². The van der Waals surface area contributed by atoms with Crippen molar-refractivity contribution in [2.75, 3.05) is 19.6 Å². The molecule has 100 valence electrons. The predicted molar refractivity (Wildman–Crippen MR) is 75.1 cm³/mol. The second kappa shape index (κ2) is 5.73. The first-order valence-electron chi connectivity index (χ1n) is 7.77. The van der Waals surface area contributed by atoms with Crippen molar-refractivity contribution in [2.45, 2.75) is 53.4 Å². The largest absolute Gasteiger partial charge is 0.303 e. The third-order valence-electron chi connectivity index (χ3n) is 5.21. The summed E-state index contributed by atoms with van der Waals surface area (Å²) in [6, 6.07) is 0. The van der Waals surface area contributed by atoms with Crippen LogP contribution in [-0.4, -0.2) is 24.5 Å². The lowest BCUT2D eigenvalue weighted by Crippen LogP contribution is -2.42. The van der Waals surface area contributed by atoms with Crippen LogP contribution in [0.15, 0.2) is 0 Å². The monoisotopic (exact) mass is 237 g/mol. The highest BCUT2D eigenvalue weighted by Crippen LogP contribution is 2.34. The molecule has 4 unspecified atom stereocenters. The molecular weight excluding hydrogens is 206 g/mol. The number of nitrogens with zero attached hydrogens (tertiary/aromatic N) is 1. The van der Waals surface area contributed by atoms with Crippen LogP contribution in [0.25, 0.3) is 0 Å². The van der Waals surface area contributed by atoms with Gasteiger partial charge in [-0.3, -0.25) is 0 Å². The Morgan fingerprint density at radius 3 is 2.12 bits per heavy atom. The van der Waals surface area contributed by atoms with Gasteiger partial charge in [0.15, 0.2) is 0 Å². The lowest BCUT2D eigenvalue weighted by Gasteiger charge is -2.40. The summed E-state index contributed by atoms with van der Waals surface area (Å²) < 4.78 is 0. The molecule has 0 aromatic carbocycles. The van der Waals surface area contributed by atoms with Gasteiger partial charge >= 0.3 is 0 Å². The molecular formula is C16H31N. The zero-order valence-corrected chi connectivity index (χ0v) is 12.3. The average molecular weight is 237 g/mol. The molecule has 2 aliphatic rings. The third-order valence-corrected chi connectivity index (χ3v) is 5.21. The Labute approximate surface area is 108 Å². The second-order valence-corrected chi connectivity index (χ2v) is 7.29. The van der Waals surface area contributed by atoms with E-state index in [1.807, 2.05) is 0 Å². The molecule has 1 nitrogen and oxygen atoms in total. The lowest BCUT2D eigenvalue weighted by molar-refractivity contribution is 0.0944. The molecule has 0 aromatic heterocycles. The van der Waals surface area contributed by atoms with Gasteiger partial charge in [-0.2, -0.15) is 0 Å². The summed E-state index contributed by atoms with van der Waals surface area (Å²) >= 11 is 0. The van der Waals surface area contributed by atoms with E-state index >= 15 is 0 Å². The quantitative estimate of drug-likeness (QED) is 0.700. The molecule has 2 fully saturated rings. The Morgan fingerprint density at radius 2 is 1.53 bits per heavy atom. The molecule has 4 atom stereocenters. The maximum Gasteiger partial charge on any atom is 0.000997 e. The summed E-state index contributed by atoms with van der Waals surface area (Å²) in [7, 11) is 0. The molecule has 1 heterocycles. The molecule has 2 rings (SSSR count). The summed E-state index contributed by atoms with van der Waals surface area (Å²) in [4.78, 5) is 2.75. The van der Waals surface area contributed by atoms with Crippen molar-refractivity contribution >= 4 is 0 Å². The SMILES string of the molecule is CC1CC(C)CC(CN2CCC(C)C(C)C2)C1. The molecule has 0 radical (unpaired) electrons. The highest BCUT2D eigenvalue weighted by Gasteiger charge is 2.28. The van der Waals surface area contributed by atoms with Crippen LogP contribution in [0.4, 0.5) is 0 Å². The topological polar surface area (TPSA) is 3.24 Å². The summed E-state index contributed by atoms with van der Waals surface area (Å²) in [5.41, 5.74) is 0. The molecule has 0 bridgehead atoms. The Kier molecular flexibility index (Phi) is 4.52. The van der Waals surface area contributed by atoms with Crippen molar-refractivity contribution in [1.29, 1.82) is 0 Å². The van der Waals surface area contributed by atoms with Gasteiger partial charge in [0.1, 0.15) is 0 Å². The number of rotatable bonds is 2. The van der Waals surface area contributed by atoms with Crippen LogP contribution in [0.2, 0.25) is 0 Å². The third kappa shape index (κ3) is 3.71. The van der Waals surface area contributed by atoms with E-state index < -0.39 is 0 Å². The van der Waals surface area contributed by atoms with E-state index in [1.165, 1.54) is 45.3 Å². The summed E-state index contributed by atoms with van der Waals surface area (Å²) in [6.45, 7) is 13.8. The molecule has 1 heteroatoms. The standard InChI is InChI=1S/C16H31N/c1-12-7-13(2)9-16(8-12)11-17-6-5-14(3)15(4)10-17/h12-16H,5-11H2,1-4H3. The molecule has 0 N–H and O–H groups in total. The zero-order valence-electron chi connectivity index (χ0n) is 12.3. The fourth-order valence-electron chi connectivity index (χ4n) is 4.14. The molecule has 17 heavy (non-hydrogen) atoms. The van der Waals surface area contributed by atoms with Gasteiger partial charge in [0, 0.05) is 13.1 Å². The molecule has 1 saturated heterocycles. The first kappa shape index (κ1) is 13.4. The van der Waals surface area contributed by atoms with Gasteiger partial charge in [-0.05, 0) is 61.8 Å². The minimum Gasteiger partial charge on any atom is -0.303 e. The van der Waals surface area contributed by atoms with E-state index in [1.54, 1.807) is 0 Å². The fourth-order valence-corrected chi connectivity index (χ4v) is 4.14. The lowest BCUT2D eigenvalue weighted by atomic mass is 9.76. The number of piperidine rings is 1. The Hall–Kier alpha value is -0.0400. The molecule has 1 saturated carbocycles. The van der Waals surface area contributed by atoms with Gasteiger partial charge in [-0.25, -0.2) is 0 Å². The first-order chi connectivity index (χ1) is 8.04. The van der Waals surface area contributed by atoms with Crippen molar-refractivity contribution in [1.82, 2.24) is 4.90 Å². The maximum atomic E-state index is 2.75.